The van der Waals surface area contributed by atoms with Gasteiger partial charge in [-0.25, -0.2) is 0 Å². The molecule has 1 saturated heterocycles. The van der Waals surface area contributed by atoms with Gasteiger partial charge in [0.2, 0.25) is 0 Å². The van der Waals surface area contributed by atoms with Gasteiger partial charge in [0.05, 0.1) is 11.5 Å². The molecule has 1 N–H and O–H groups in total. The number of hydrogen-bond acceptors (Lipinski definition) is 3. The van der Waals surface area contributed by atoms with Gasteiger partial charge in [-0.15, -0.1) is 0 Å². The molecule has 0 aromatic heterocycles. The quantitative estimate of drug-likeness (QED) is 0.785. The van der Waals surface area contributed by atoms with Crippen LogP contribution >= 0.6 is 0 Å². The molecule has 2 aromatic carbocycles. The van der Waals surface area contributed by atoms with E-state index in [1.54, 1.807) is 7.05 Å². The van der Waals surface area contributed by atoms with E-state index in [-0.39, 0.29) is 18.0 Å². The van der Waals surface area contributed by atoms with E-state index in [0.717, 1.165) is 23.4 Å². The minimum Gasteiger partial charge on any atom is -0.481 e. The molecule has 0 bridgehead atoms. The number of carbonyl (C=O) groups is 2. The Balaban J connectivity index is 1.67. The molecule has 8 heteroatoms. The Morgan fingerprint density at radius 1 is 1.10 bits per heavy atom. The Morgan fingerprint density at radius 2 is 1.77 bits per heavy atom. The van der Waals surface area contributed by atoms with E-state index in [1.165, 1.54) is 17.0 Å². The summed E-state index contributed by atoms with van der Waals surface area (Å²) in [5, 5.41) is 9.13. The van der Waals surface area contributed by atoms with Crippen molar-refractivity contribution in [2.75, 3.05) is 25.0 Å². The molecule has 3 rings (SSSR count). The van der Waals surface area contributed by atoms with Gasteiger partial charge in [0.25, 0.3) is 5.91 Å². The highest BCUT2D eigenvalue weighted by Crippen LogP contribution is 2.30. The third-order valence-electron chi connectivity index (χ3n) is 5.32. The summed E-state index contributed by atoms with van der Waals surface area (Å²) in [7, 11) is 1.55. The number of benzene rings is 2. The maximum atomic E-state index is 12.9. The van der Waals surface area contributed by atoms with Crippen LogP contribution in [0.3, 0.4) is 0 Å². The lowest BCUT2D eigenvalue weighted by Gasteiger charge is -2.32. The molecule has 1 amide bonds. The summed E-state index contributed by atoms with van der Waals surface area (Å²) < 4.78 is 38.7. The highest BCUT2D eigenvalue weighted by Gasteiger charge is 2.31. The van der Waals surface area contributed by atoms with Crippen molar-refractivity contribution < 1.29 is 27.9 Å². The predicted molar refractivity (Wildman–Crippen MR) is 106 cm³/mol. The fourth-order valence-corrected chi connectivity index (χ4v) is 3.63. The number of piperidine rings is 1. The lowest BCUT2D eigenvalue weighted by Crippen LogP contribution is -2.36. The van der Waals surface area contributed by atoms with E-state index >= 15 is 0 Å². The fraction of sp³-hybridized carbons (Fsp3) is 0.364. The number of carbonyl (C=O) groups excluding carboxylic acids is 1. The van der Waals surface area contributed by atoms with Crippen LogP contribution in [0.15, 0.2) is 48.5 Å². The highest BCUT2D eigenvalue weighted by atomic mass is 19.4. The summed E-state index contributed by atoms with van der Waals surface area (Å²) in [5.74, 6) is -1.58. The minimum atomic E-state index is -4.50. The van der Waals surface area contributed by atoms with Crippen LogP contribution in [0, 0.1) is 5.92 Å². The third-order valence-corrected chi connectivity index (χ3v) is 5.32. The lowest BCUT2D eigenvalue weighted by molar-refractivity contribution is -0.142. The van der Waals surface area contributed by atoms with Crippen LogP contribution in [0.4, 0.5) is 18.9 Å². The van der Waals surface area contributed by atoms with Crippen LogP contribution in [-0.2, 0) is 17.5 Å². The van der Waals surface area contributed by atoms with Gasteiger partial charge in [0.1, 0.15) is 0 Å². The van der Waals surface area contributed by atoms with Gasteiger partial charge in [-0.1, -0.05) is 18.2 Å². The molecule has 5 nitrogen and oxygen atoms in total. The van der Waals surface area contributed by atoms with Crippen molar-refractivity contribution in [1.82, 2.24) is 4.90 Å². The third kappa shape index (κ3) is 5.11. The Labute approximate surface area is 172 Å². The van der Waals surface area contributed by atoms with Crippen molar-refractivity contribution in [3.05, 3.63) is 65.2 Å². The van der Waals surface area contributed by atoms with Crippen LogP contribution in [0.2, 0.25) is 0 Å². The number of aliphatic carboxylic acids is 1. The molecular weight excluding hydrogens is 397 g/mol. The summed E-state index contributed by atoms with van der Waals surface area (Å²) in [6.07, 6.45) is -3.35. The molecule has 1 fully saturated rings. The topological polar surface area (TPSA) is 60.9 Å². The number of halogens is 3. The standard InChI is InChI=1S/C22H23F3N2O3/c1-26(20(28)17-5-3-6-18(13-17)22(23,24)25)14-15-4-2-7-19(12-15)27-10-8-16(9-11-27)21(29)30/h2-7,12-13,16H,8-11,14H2,1H3,(H,29,30). The van der Waals surface area contributed by atoms with Gasteiger partial charge in [-0.3, -0.25) is 9.59 Å². The maximum absolute atomic E-state index is 12.9. The van der Waals surface area contributed by atoms with Crippen LogP contribution in [0.25, 0.3) is 0 Å². The van der Waals surface area contributed by atoms with Gasteiger partial charge in [0.15, 0.2) is 0 Å². The second-order valence-corrected chi connectivity index (χ2v) is 7.51. The summed E-state index contributed by atoms with van der Waals surface area (Å²) in [6, 6.07) is 12.0. The zero-order chi connectivity index (χ0) is 21.9. The second kappa shape index (κ2) is 8.77. The summed E-state index contributed by atoms with van der Waals surface area (Å²) >= 11 is 0. The zero-order valence-corrected chi connectivity index (χ0v) is 16.5. The summed E-state index contributed by atoms with van der Waals surface area (Å²) in [5.41, 5.74) is 0.916. The zero-order valence-electron chi connectivity index (χ0n) is 16.5. The summed E-state index contributed by atoms with van der Waals surface area (Å²) in [6.45, 7) is 1.52. The summed E-state index contributed by atoms with van der Waals surface area (Å²) in [4.78, 5) is 27.2. The molecule has 0 spiro atoms. The molecule has 1 aliphatic rings. The Hall–Kier alpha value is -3.03. The number of carboxylic acid groups (broad SMARTS) is 1. The van der Waals surface area contributed by atoms with Crippen molar-refractivity contribution in [3.8, 4) is 0 Å². The predicted octanol–water partition coefficient (Wildman–Crippen LogP) is 4.28. The highest BCUT2D eigenvalue weighted by molar-refractivity contribution is 5.94. The number of nitrogens with zero attached hydrogens (tertiary/aromatic N) is 2. The number of rotatable bonds is 5. The van der Waals surface area contributed by atoms with E-state index in [9.17, 15) is 22.8 Å². The molecule has 0 aliphatic carbocycles. The molecular formula is C22H23F3N2O3. The van der Waals surface area contributed by atoms with Gasteiger partial charge in [-0.05, 0) is 48.7 Å². The Bertz CT molecular complexity index is 922. The van der Waals surface area contributed by atoms with Crippen molar-refractivity contribution in [2.24, 2.45) is 5.92 Å². The number of anilines is 1. The van der Waals surface area contributed by atoms with Crippen LogP contribution in [-0.4, -0.2) is 42.0 Å². The monoisotopic (exact) mass is 420 g/mol. The van der Waals surface area contributed by atoms with Crippen molar-refractivity contribution in [1.29, 1.82) is 0 Å². The molecule has 0 atom stereocenters. The number of hydrogen-bond donors (Lipinski definition) is 1. The molecule has 0 saturated carbocycles. The van der Waals surface area contributed by atoms with E-state index in [0.29, 0.717) is 25.9 Å². The molecule has 2 aromatic rings. The van der Waals surface area contributed by atoms with Crippen molar-refractivity contribution in [3.63, 3.8) is 0 Å². The molecule has 0 radical (unpaired) electrons. The van der Waals surface area contributed by atoms with E-state index in [4.69, 9.17) is 5.11 Å². The minimum absolute atomic E-state index is 0.0146. The normalized spacial score (nSPS) is 15.1. The van der Waals surface area contributed by atoms with Crippen molar-refractivity contribution >= 4 is 17.6 Å². The largest absolute Gasteiger partial charge is 0.481 e. The first kappa shape index (κ1) is 21.7. The number of amides is 1. The number of carboxylic acids is 1. The average molecular weight is 420 g/mol. The Morgan fingerprint density at radius 3 is 2.40 bits per heavy atom. The molecule has 0 unspecified atom stereocenters. The van der Waals surface area contributed by atoms with E-state index in [1.807, 2.05) is 24.3 Å². The van der Waals surface area contributed by atoms with E-state index in [2.05, 4.69) is 4.90 Å². The number of alkyl halides is 3. The lowest BCUT2D eigenvalue weighted by atomic mass is 9.96. The molecule has 1 aliphatic heterocycles. The van der Waals surface area contributed by atoms with E-state index < -0.39 is 23.6 Å². The molecule has 1 heterocycles. The first-order valence-corrected chi connectivity index (χ1v) is 9.64. The van der Waals surface area contributed by atoms with Gasteiger partial charge in [0, 0.05) is 37.9 Å². The fourth-order valence-electron chi connectivity index (χ4n) is 3.63. The van der Waals surface area contributed by atoms with Crippen LogP contribution in [0.1, 0.15) is 34.3 Å². The SMILES string of the molecule is CN(Cc1cccc(N2CCC(C(=O)O)CC2)c1)C(=O)c1cccc(C(F)(F)F)c1. The smallest absolute Gasteiger partial charge is 0.416 e. The van der Waals surface area contributed by atoms with Crippen molar-refractivity contribution in [2.45, 2.75) is 25.6 Å². The van der Waals surface area contributed by atoms with Crippen LogP contribution < -0.4 is 4.90 Å². The Kier molecular flexibility index (Phi) is 6.34. The molecule has 160 valence electrons. The maximum Gasteiger partial charge on any atom is 0.416 e. The first-order chi connectivity index (χ1) is 14.1. The second-order valence-electron chi connectivity index (χ2n) is 7.51. The van der Waals surface area contributed by atoms with Gasteiger partial charge >= 0.3 is 12.1 Å². The first-order valence-electron chi connectivity index (χ1n) is 9.64. The van der Waals surface area contributed by atoms with Crippen LogP contribution in [0.5, 0.6) is 0 Å². The average Bonchev–Trinajstić information content (AvgIpc) is 2.73. The molecule has 30 heavy (non-hydrogen) atoms. The van der Waals surface area contributed by atoms with Gasteiger partial charge in [-0.2, -0.15) is 13.2 Å². The van der Waals surface area contributed by atoms with Gasteiger partial charge < -0.3 is 14.9 Å².